The topological polar surface area (TPSA) is 316 Å². The number of phosphoric acid groups is 2. The van der Waals surface area contributed by atoms with Gasteiger partial charge in [0.15, 0.2) is 0 Å². The second kappa shape index (κ2) is 19.3. The van der Waals surface area contributed by atoms with Gasteiger partial charge in [0.25, 0.3) is 15.3 Å². The Labute approximate surface area is 176 Å². The molecule has 0 radical (unpaired) electrons. The summed E-state index contributed by atoms with van der Waals surface area (Å²) in [5.41, 5.74) is 0. The second-order valence-electron chi connectivity index (χ2n) is 4.04. The van der Waals surface area contributed by atoms with Gasteiger partial charge >= 0.3 is 32.7 Å². The fraction of sp³-hybridized carbons (Fsp3) is 1.00. The van der Waals surface area contributed by atoms with E-state index in [-0.39, 0.29) is 56.5 Å². The third-order valence-corrected chi connectivity index (χ3v) is 1.81. The van der Waals surface area contributed by atoms with Crippen molar-refractivity contribution in [2.24, 2.45) is 0 Å². The van der Waals surface area contributed by atoms with Crippen LogP contribution in [0.2, 0.25) is 0 Å². The van der Waals surface area contributed by atoms with Crippen molar-refractivity contribution in [3.8, 4) is 0 Å². The van der Waals surface area contributed by atoms with E-state index in [0.29, 0.717) is 0 Å². The average molecular weight is 536 g/mol. The van der Waals surface area contributed by atoms with E-state index in [1.54, 1.807) is 0 Å². The van der Waals surface area contributed by atoms with Crippen LogP contribution in [0.15, 0.2) is 0 Å². The smallest absolute Gasteiger partial charge is 0.313 e. The first-order chi connectivity index (χ1) is 12.9. The van der Waals surface area contributed by atoms with E-state index >= 15 is 0 Å². The molecule has 0 aromatic heterocycles. The van der Waals surface area contributed by atoms with Crippen molar-refractivity contribution >= 4 is 15.6 Å². The minimum absolute atomic E-state index is 0. The molecule has 6 N–H and O–H groups in total. The molecule has 0 atom stereocenters. The molecule has 0 aliphatic carbocycles. The van der Waals surface area contributed by atoms with Crippen LogP contribution in [0.4, 0.5) is 0 Å². The number of nitrogens with zero attached hydrogens (tertiary/aromatic N) is 4. The monoisotopic (exact) mass is 536 g/mol. The summed E-state index contributed by atoms with van der Waals surface area (Å²) in [6.45, 7) is -0.687. The van der Waals surface area contributed by atoms with Crippen molar-refractivity contribution < 1.29 is 85.3 Å². The molecule has 0 rings (SSSR count). The van der Waals surface area contributed by atoms with Gasteiger partial charge in [0.1, 0.15) is 19.8 Å². The molecule has 24 heteroatoms. The zero-order valence-corrected chi connectivity index (χ0v) is 17.3. The summed E-state index contributed by atoms with van der Waals surface area (Å²) in [6.07, 6.45) is 0. The van der Waals surface area contributed by atoms with Crippen LogP contribution in [0.25, 0.3) is 0 Å². The Bertz CT molecular complexity index is 497. The van der Waals surface area contributed by atoms with E-state index in [2.05, 4.69) is 14.5 Å². The van der Waals surface area contributed by atoms with Gasteiger partial charge in [-0.2, -0.15) is 0 Å². The predicted octanol–water partition coefficient (Wildman–Crippen LogP) is -2.95. The van der Waals surface area contributed by atoms with E-state index < -0.39 is 30.9 Å². The fourth-order valence-electron chi connectivity index (χ4n) is 1.07. The molecular formula is C6H18FeN4O17P2+2. The molecule has 0 aromatic rings. The molecule has 0 bridgehead atoms. The first-order valence-electron chi connectivity index (χ1n) is 6.52. The summed E-state index contributed by atoms with van der Waals surface area (Å²) in [5.74, 6) is 0. The van der Waals surface area contributed by atoms with Gasteiger partial charge in [0, 0.05) is 19.6 Å². The SMILES string of the molecule is O=P(O)(O)O.O=P(O)(O)O.O=[N+]([O-])OCCN(CCO[N+](=O)[O-])CCO[N+](=O)[O-].[Fe+2]. The summed E-state index contributed by atoms with van der Waals surface area (Å²) >= 11 is 0. The van der Waals surface area contributed by atoms with Gasteiger partial charge in [-0.3, -0.25) is 4.90 Å². The molecule has 0 saturated carbocycles. The molecule has 180 valence electrons. The first kappa shape index (κ1) is 35.7. The maximum atomic E-state index is 9.92. The third-order valence-electron chi connectivity index (χ3n) is 1.81. The Balaban J connectivity index is -0.000000254. The van der Waals surface area contributed by atoms with Crippen molar-refractivity contribution in [2.75, 3.05) is 39.5 Å². The van der Waals surface area contributed by atoms with Gasteiger partial charge in [-0.1, -0.05) is 0 Å². The Hall–Kier alpha value is -1.70. The molecular weight excluding hydrogens is 518 g/mol. The van der Waals surface area contributed by atoms with Crippen molar-refractivity contribution in [3.05, 3.63) is 30.3 Å². The van der Waals surface area contributed by atoms with E-state index in [4.69, 9.17) is 38.5 Å². The predicted molar refractivity (Wildman–Crippen MR) is 83.8 cm³/mol. The van der Waals surface area contributed by atoms with Gasteiger partial charge < -0.3 is 43.9 Å². The normalized spacial score (nSPS) is 10.2. The van der Waals surface area contributed by atoms with Crippen molar-refractivity contribution in [3.63, 3.8) is 0 Å². The third kappa shape index (κ3) is 63.4. The van der Waals surface area contributed by atoms with Crippen LogP contribution in [0.1, 0.15) is 0 Å². The number of hydrogen-bond donors (Lipinski definition) is 6. The van der Waals surface area contributed by atoms with Gasteiger partial charge in [0.05, 0.1) is 0 Å². The molecule has 0 aliphatic heterocycles. The molecule has 21 nitrogen and oxygen atoms in total. The molecule has 0 heterocycles. The Morgan fingerprint density at radius 1 is 0.633 bits per heavy atom. The molecule has 0 amide bonds. The van der Waals surface area contributed by atoms with Crippen molar-refractivity contribution in [1.29, 1.82) is 0 Å². The molecule has 0 aliphatic rings. The van der Waals surface area contributed by atoms with E-state index in [0.717, 1.165) is 0 Å². The number of rotatable bonds is 12. The van der Waals surface area contributed by atoms with Crippen molar-refractivity contribution in [1.82, 2.24) is 4.90 Å². The Morgan fingerprint density at radius 3 is 0.933 bits per heavy atom. The van der Waals surface area contributed by atoms with Crippen LogP contribution in [0, 0.1) is 30.3 Å². The molecule has 30 heavy (non-hydrogen) atoms. The summed E-state index contributed by atoms with van der Waals surface area (Å²) in [6, 6.07) is 0. The Morgan fingerprint density at radius 2 is 0.800 bits per heavy atom. The van der Waals surface area contributed by atoms with Crippen LogP contribution in [0.5, 0.6) is 0 Å². The summed E-state index contributed by atoms with van der Waals surface area (Å²) in [5, 5.41) is 26.8. The van der Waals surface area contributed by atoms with Gasteiger partial charge in [-0.15, -0.1) is 30.3 Å². The van der Waals surface area contributed by atoms with E-state index in [9.17, 15) is 30.3 Å². The van der Waals surface area contributed by atoms with Crippen LogP contribution >= 0.6 is 15.6 Å². The van der Waals surface area contributed by atoms with Crippen molar-refractivity contribution in [2.45, 2.75) is 0 Å². The van der Waals surface area contributed by atoms with E-state index in [1.165, 1.54) is 4.90 Å². The first-order valence-corrected chi connectivity index (χ1v) is 9.65. The second-order valence-corrected chi connectivity index (χ2v) is 6.09. The summed E-state index contributed by atoms with van der Waals surface area (Å²) < 4.78 is 17.8. The number of hydrogen-bond acceptors (Lipinski definition) is 12. The quantitative estimate of drug-likeness (QED) is 0.0628. The molecule has 0 fully saturated rings. The largest absolute Gasteiger partial charge is 2.00 e. The van der Waals surface area contributed by atoms with Crippen LogP contribution in [-0.2, 0) is 40.7 Å². The zero-order valence-electron chi connectivity index (χ0n) is 14.5. The summed E-state index contributed by atoms with van der Waals surface area (Å²) in [7, 11) is -9.28. The van der Waals surface area contributed by atoms with Gasteiger partial charge in [-0.05, 0) is 0 Å². The van der Waals surface area contributed by atoms with Crippen LogP contribution < -0.4 is 0 Å². The molecule has 0 aromatic carbocycles. The molecule has 0 spiro atoms. The maximum Gasteiger partial charge on any atom is 2.00 e. The maximum absolute atomic E-state index is 9.92. The minimum Gasteiger partial charge on any atom is -0.313 e. The van der Waals surface area contributed by atoms with E-state index in [1.807, 2.05) is 0 Å². The molecule has 0 saturated heterocycles. The van der Waals surface area contributed by atoms with Crippen LogP contribution in [0.3, 0.4) is 0 Å². The summed E-state index contributed by atoms with van der Waals surface area (Å²) in [4.78, 5) is 86.5. The fourth-order valence-corrected chi connectivity index (χ4v) is 1.07. The average Bonchev–Trinajstić information content (AvgIpc) is 2.41. The molecule has 0 unspecified atom stereocenters. The standard InChI is InChI=1S/C6H12N4O9.Fe.2H3O4P/c11-8(12)17-4-1-7(2-5-18-9(13)14)3-6-19-10(15)16;;2*1-5(2,3)4/h1-6H2;;2*(H3,1,2,3,4)/q;+2;;. The minimum atomic E-state index is -4.64. The van der Waals surface area contributed by atoms with Gasteiger partial charge in [0.2, 0.25) is 0 Å². The van der Waals surface area contributed by atoms with Gasteiger partial charge in [-0.25, -0.2) is 9.13 Å². The van der Waals surface area contributed by atoms with Crippen LogP contribution in [-0.4, -0.2) is 89.0 Å². The Kier molecular flexibility index (Phi) is 22.9. The zero-order chi connectivity index (χ0) is 23.7.